The van der Waals surface area contributed by atoms with E-state index in [1.807, 2.05) is 24.3 Å². The number of nitrogens with zero attached hydrogens (tertiary/aromatic N) is 1. The van der Waals surface area contributed by atoms with Crippen LogP contribution in [0.5, 0.6) is 0 Å². The first-order valence-corrected chi connectivity index (χ1v) is 13.7. The number of amides is 1. The van der Waals surface area contributed by atoms with Crippen molar-refractivity contribution >= 4 is 43.6 Å². The number of sulfonamides is 1. The molecule has 2 fully saturated rings. The summed E-state index contributed by atoms with van der Waals surface area (Å²) in [5, 5.41) is 3.01. The molecule has 1 N–H and O–H groups in total. The highest BCUT2D eigenvalue weighted by Gasteiger charge is 2.33. The van der Waals surface area contributed by atoms with Crippen LogP contribution in [0.2, 0.25) is 0 Å². The van der Waals surface area contributed by atoms with E-state index in [-0.39, 0.29) is 16.8 Å². The maximum atomic E-state index is 13.4. The van der Waals surface area contributed by atoms with Gasteiger partial charge in [0.2, 0.25) is 10.0 Å². The number of benzene rings is 2. The molecule has 2 aromatic carbocycles. The monoisotopic (exact) mass is 522 g/mol. The second kappa shape index (κ2) is 9.25. The van der Waals surface area contributed by atoms with Crippen molar-refractivity contribution in [2.75, 3.05) is 13.1 Å². The van der Waals surface area contributed by atoms with Crippen LogP contribution in [0, 0.1) is 11.8 Å². The number of rotatable bonds is 6. The van der Waals surface area contributed by atoms with Crippen molar-refractivity contribution in [3.63, 3.8) is 0 Å². The van der Waals surface area contributed by atoms with Gasteiger partial charge in [0.1, 0.15) is 0 Å². The zero-order valence-corrected chi connectivity index (χ0v) is 20.9. The van der Waals surface area contributed by atoms with Crippen molar-refractivity contribution < 1.29 is 13.2 Å². The fourth-order valence-electron chi connectivity index (χ4n) is 4.01. The Kier molecular flexibility index (Phi) is 6.82. The fraction of sp³-hybridized carbons (Fsp3) is 0.435. The molecular formula is C23H27BrN2O3S2. The third-order valence-electron chi connectivity index (χ3n) is 5.62. The zero-order chi connectivity index (χ0) is 22.2. The molecule has 1 amide bonds. The van der Waals surface area contributed by atoms with E-state index < -0.39 is 10.0 Å². The van der Waals surface area contributed by atoms with Gasteiger partial charge in [-0.25, -0.2) is 8.42 Å². The van der Waals surface area contributed by atoms with Gasteiger partial charge in [-0.2, -0.15) is 4.31 Å². The average molecular weight is 524 g/mol. The lowest BCUT2D eigenvalue weighted by Gasteiger charge is -2.34. The van der Waals surface area contributed by atoms with Crippen LogP contribution in [0.25, 0.3) is 0 Å². The normalized spacial score (nSPS) is 22.3. The summed E-state index contributed by atoms with van der Waals surface area (Å²) in [4.78, 5) is 14.9. The molecule has 1 heterocycles. The molecule has 1 saturated carbocycles. The van der Waals surface area contributed by atoms with Crippen LogP contribution in [0.15, 0.2) is 61.6 Å². The van der Waals surface area contributed by atoms with Crippen molar-refractivity contribution in [1.29, 1.82) is 0 Å². The van der Waals surface area contributed by atoms with Crippen LogP contribution in [-0.4, -0.2) is 37.8 Å². The van der Waals surface area contributed by atoms with Crippen molar-refractivity contribution in [3.05, 3.63) is 52.5 Å². The molecule has 0 bridgehead atoms. The van der Waals surface area contributed by atoms with Crippen molar-refractivity contribution in [2.24, 2.45) is 11.8 Å². The van der Waals surface area contributed by atoms with E-state index in [2.05, 4.69) is 35.1 Å². The Morgan fingerprint density at radius 2 is 1.71 bits per heavy atom. The molecule has 0 aromatic heterocycles. The summed E-state index contributed by atoms with van der Waals surface area (Å²) in [7, 11) is -3.65. The number of nitrogens with one attached hydrogen (secondary N) is 1. The molecule has 0 radical (unpaired) electrons. The minimum absolute atomic E-state index is 0.190. The summed E-state index contributed by atoms with van der Waals surface area (Å²) in [6, 6.07) is 13.0. The first-order valence-electron chi connectivity index (χ1n) is 10.6. The minimum atomic E-state index is -3.65. The van der Waals surface area contributed by atoms with Gasteiger partial charge in [0.05, 0.1) is 10.5 Å². The molecule has 31 heavy (non-hydrogen) atoms. The lowest BCUT2D eigenvalue weighted by atomic mass is 9.94. The molecule has 4 rings (SSSR count). The Morgan fingerprint density at radius 1 is 1.06 bits per heavy atom. The lowest BCUT2D eigenvalue weighted by Crippen LogP contribution is -2.42. The fourth-order valence-corrected chi connectivity index (χ4v) is 6.90. The van der Waals surface area contributed by atoms with Gasteiger partial charge in [0, 0.05) is 33.4 Å². The van der Waals surface area contributed by atoms with E-state index in [4.69, 9.17) is 0 Å². The summed E-state index contributed by atoms with van der Waals surface area (Å²) < 4.78 is 29.3. The summed E-state index contributed by atoms with van der Waals surface area (Å²) in [6.45, 7) is 5.21. The van der Waals surface area contributed by atoms with Gasteiger partial charge in [-0.05, 0) is 73.6 Å². The van der Waals surface area contributed by atoms with Gasteiger partial charge >= 0.3 is 0 Å². The Bertz CT molecular complexity index is 1060. The highest BCUT2D eigenvalue weighted by molar-refractivity contribution is 9.10. The molecule has 2 aromatic rings. The number of hydrogen-bond acceptors (Lipinski definition) is 4. The summed E-state index contributed by atoms with van der Waals surface area (Å²) in [5.41, 5.74) is 0.416. The van der Waals surface area contributed by atoms with Gasteiger partial charge in [0.15, 0.2) is 0 Å². The molecule has 1 aliphatic carbocycles. The zero-order valence-electron chi connectivity index (χ0n) is 17.7. The standard InChI is InChI=1S/C23H27BrN2O3S2/c1-15-11-16(2)14-26(13-15)31(28,29)20-9-10-22(30-19-7-3-17(24)4-8-19)21(12-20)23(27)25-18-5-6-18/h3-4,7-10,12,15-16,18H,5-6,11,13-14H2,1-2H3,(H,25,27). The van der Waals surface area contributed by atoms with Crippen LogP contribution in [0.1, 0.15) is 43.5 Å². The predicted octanol–water partition coefficient (Wildman–Crippen LogP) is 5.16. The second-order valence-electron chi connectivity index (χ2n) is 8.73. The van der Waals surface area contributed by atoms with E-state index in [1.165, 1.54) is 11.8 Å². The SMILES string of the molecule is CC1CC(C)CN(S(=O)(=O)c2ccc(Sc3ccc(Br)cc3)c(C(=O)NC3CC3)c2)C1. The maximum Gasteiger partial charge on any atom is 0.252 e. The van der Waals surface area contributed by atoms with E-state index in [9.17, 15) is 13.2 Å². The van der Waals surface area contributed by atoms with Gasteiger partial charge < -0.3 is 5.32 Å². The van der Waals surface area contributed by atoms with Crippen molar-refractivity contribution in [2.45, 2.75) is 53.8 Å². The quantitative estimate of drug-likeness (QED) is 0.568. The minimum Gasteiger partial charge on any atom is -0.349 e. The Labute approximate surface area is 197 Å². The third-order valence-corrected chi connectivity index (χ3v) is 9.06. The summed E-state index contributed by atoms with van der Waals surface area (Å²) in [6.07, 6.45) is 2.98. The second-order valence-corrected chi connectivity index (χ2v) is 12.7. The molecule has 8 heteroatoms. The molecular weight excluding hydrogens is 496 g/mol. The van der Waals surface area contributed by atoms with Gasteiger partial charge in [-0.1, -0.05) is 41.5 Å². The number of halogens is 1. The van der Waals surface area contributed by atoms with Crippen LogP contribution >= 0.6 is 27.7 Å². The highest BCUT2D eigenvalue weighted by Crippen LogP contribution is 2.34. The van der Waals surface area contributed by atoms with Crippen molar-refractivity contribution in [3.8, 4) is 0 Å². The number of carbonyl (C=O) groups excluding carboxylic acids is 1. The molecule has 1 aliphatic heterocycles. The Hall–Kier alpha value is -1.35. The molecule has 2 unspecified atom stereocenters. The number of hydrogen-bond donors (Lipinski definition) is 1. The molecule has 2 aliphatic rings. The predicted molar refractivity (Wildman–Crippen MR) is 127 cm³/mol. The summed E-state index contributed by atoms with van der Waals surface area (Å²) >= 11 is 4.90. The summed E-state index contributed by atoms with van der Waals surface area (Å²) in [5.74, 6) is 0.436. The maximum absolute atomic E-state index is 13.4. The first kappa shape index (κ1) is 22.8. The van der Waals surface area contributed by atoms with Crippen molar-refractivity contribution in [1.82, 2.24) is 9.62 Å². The largest absolute Gasteiger partial charge is 0.349 e. The van der Waals surface area contributed by atoms with E-state index in [0.717, 1.165) is 33.5 Å². The molecule has 5 nitrogen and oxygen atoms in total. The van der Waals surface area contributed by atoms with Crippen LogP contribution in [0.4, 0.5) is 0 Å². The van der Waals surface area contributed by atoms with Crippen LogP contribution in [0.3, 0.4) is 0 Å². The van der Waals surface area contributed by atoms with Crippen LogP contribution < -0.4 is 5.32 Å². The van der Waals surface area contributed by atoms with Gasteiger partial charge in [0.25, 0.3) is 5.91 Å². The molecule has 1 saturated heterocycles. The molecule has 166 valence electrons. The third kappa shape index (κ3) is 5.53. The molecule has 0 spiro atoms. The first-order chi connectivity index (χ1) is 14.7. The highest BCUT2D eigenvalue weighted by atomic mass is 79.9. The lowest BCUT2D eigenvalue weighted by molar-refractivity contribution is 0.0948. The van der Waals surface area contributed by atoms with Gasteiger partial charge in [-0.3, -0.25) is 4.79 Å². The smallest absolute Gasteiger partial charge is 0.252 e. The Balaban J connectivity index is 1.67. The van der Waals surface area contributed by atoms with E-state index in [0.29, 0.717) is 30.5 Å². The van der Waals surface area contributed by atoms with E-state index in [1.54, 1.807) is 22.5 Å². The molecule has 2 atom stereocenters. The number of carbonyl (C=O) groups is 1. The van der Waals surface area contributed by atoms with Crippen LogP contribution in [-0.2, 0) is 10.0 Å². The van der Waals surface area contributed by atoms with E-state index >= 15 is 0 Å². The number of piperidine rings is 1. The average Bonchev–Trinajstić information content (AvgIpc) is 3.53. The topological polar surface area (TPSA) is 66.5 Å². The Morgan fingerprint density at radius 3 is 2.32 bits per heavy atom. The van der Waals surface area contributed by atoms with Gasteiger partial charge in [-0.15, -0.1) is 0 Å².